The van der Waals surface area contributed by atoms with E-state index in [1.807, 2.05) is 13.8 Å². The molecule has 0 saturated heterocycles. The predicted molar refractivity (Wildman–Crippen MR) is 83.4 cm³/mol. The number of nitrogens with two attached hydrogens (primary N) is 1. The summed E-state index contributed by atoms with van der Waals surface area (Å²) in [6.07, 6.45) is 0.788. The molecule has 1 unspecified atom stereocenters. The molecule has 4 N–H and O–H groups in total. The van der Waals surface area contributed by atoms with E-state index in [0.717, 1.165) is 6.42 Å². The lowest BCUT2D eigenvalue weighted by Crippen LogP contribution is -2.31. The third-order valence-electron chi connectivity index (χ3n) is 3.08. The zero-order chi connectivity index (χ0) is 16.0. The maximum Gasteiger partial charge on any atom is 0.303 e. The van der Waals surface area contributed by atoms with E-state index in [-0.39, 0.29) is 18.2 Å². The summed E-state index contributed by atoms with van der Waals surface area (Å²) in [4.78, 5) is 22.9. The number of carbonyl (C=O) groups is 2. The van der Waals surface area contributed by atoms with Gasteiger partial charge in [0.05, 0.1) is 10.7 Å². The molecule has 1 aromatic rings. The van der Waals surface area contributed by atoms with Crippen molar-refractivity contribution in [2.24, 2.45) is 11.8 Å². The van der Waals surface area contributed by atoms with Crippen LogP contribution in [0.15, 0.2) is 18.2 Å². The minimum Gasteiger partial charge on any atom is -0.481 e. The van der Waals surface area contributed by atoms with E-state index in [1.54, 1.807) is 12.1 Å². The molecule has 0 radical (unpaired) electrons. The number of halogens is 1. The zero-order valence-electron chi connectivity index (χ0n) is 12.2. The number of carboxylic acids is 1. The van der Waals surface area contributed by atoms with Crippen LogP contribution in [-0.4, -0.2) is 23.5 Å². The van der Waals surface area contributed by atoms with Crippen molar-refractivity contribution in [3.63, 3.8) is 0 Å². The van der Waals surface area contributed by atoms with Crippen LogP contribution >= 0.6 is 11.6 Å². The normalized spacial score (nSPS) is 12.2. The summed E-state index contributed by atoms with van der Waals surface area (Å²) in [5.41, 5.74) is 6.41. The number of rotatable bonds is 7. The standard InChI is InChI=1S/C15H21ClN2O3/c1-9(2)5-10(6-14(19)20)8-18-15(21)11-3-4-12(16)13(17)7-11/h3-4,7,9-10H,5-6,8,17H2,1-2H3,(H,18,21)(H,19,20). The number of benzene rings is 1. The molecule has 5 nitrogen and oxygen atoms in total. The fourth-order valence-corrected chi connectivity index (χ4v) is 2.29. The second-order valence-electron chi connectivity index (χ2n) is 5.54. The molecule has 1 aromatic carbocycles. The Morgan fingerprint density at radius 3 is 2.57 bits per heavy atom. The lowest BCUT2D eigenvalue weighted by molar-refractivity contribution is -0.138. The number of aliphatic carboxylic acids is 1. The Morgan fingerprint density at radius 2 is 2.05 bits per heavy atom. The van der Waals surface area contributed by atoms with Crippen LogP contribution in [-0.2, 0) is 4.79 Å². The number of anilines is 1. The van der Waals surface area contributed by atoms with Crippen molar-refractivity contribution >= 4 is 29.2 Å². The molecule has 0 heterocycles. The first-order valence-corrected chi connectivity index (χ1v) is 7.22. The molecule has 0 bridgehead atoms. The van der Waals surface area contributed by atoms with Gasteiger partial charge in [0, 0.05) is 18.5 Å². The lowest BCUT2D eigenvalue weighted by atomic mass is 9.94. The average molecular weight is 313 g/mol. The van der Waals surface area contributed by atoms with Crippen molar-refractivity contribution in [2.75, 3.05) is 12.3 Å². The number of carbonyl (C=O) groups excluding carboxylic acids is 1. The summed E-state index contributed by atoms with van der Waals surface area (Å²) in [5, 5.41) is 12.1. The van der Waals surface area contributed by atoms with E-state index in [4.69, 9.17) is 22.4 Å². The van der Waals surface area contributed by atoms with Gasteiger partial charge >= 0.3 is 5.97 Å². The number of hydrogen-bond acceptors (Lipinski definition) is 3. The Hall–Kier alpha value is -1.75. The number of nitrogen functional groups attached to an aromatic ring is 1. The fourth-order valence-electron chi connectivity index (χ4n) is 2.18. The summed E-state index contributed by atoms with van der Waals surface area (Å²) in [7, 11) is 0. The van der Waals surface area contributed by atoms with Gasteiger partial charge in [-0.3, -0.25) is 9.59 Å². The highest BCUT2D eigenvalue weighted by molar-refractivity contribution is 6.33. The molecule has 0 aromatic heterocycles. The molecule has 1 atom stereocenters. The molecule has 6 heteroatoms. The summed E-state index contributed by atoms with van der Waals surface area (Å²) in [5.74, 6) is -0.850. The van der Waals surface area contributed by atoms with Crippen LogP contribution in [0.4, 0.5) is 5.69 Å². The zero-order valence-corrected chi connectivity index (χ0v) is 13.0. The molecule has 0 aliphatic rings. The number of nitrogens with one attached hydrogen (secondary N) is 1. The van der Waals surface area contributed by atoms with Crippen molar-refractivity contribution in [3.05, 3.63) is 28.8 Å². The third-order valence-corrected chi connectivity index (χ3v) is 3.42. The van der Waals surface area contributed by atoms with Gasteiger partial charge in [0.15, 0.2) is 0 Å². The van der Waals surface area contributed by atoms with Gasteiger partial charge in [-0.25, -0.2) is 0 Å². The Labute approximate surface area is 129 Å². The maximum atomic E-state index is 12.0. The van der Waals surface area contributed by atoms with Crippen LogP contribution in [0.1, 0.15) is 37.0 Å². The van der Waals surface area contributed by atoms with E-state index in [9.17, 15) is 9.59 Å². The quantitative estimate of drug-likeness (QED) is 0.675. The van der Waals surface area contributed by atoms with Crippen molar-refractivity contribution < 1.29 is 14.7 Å². The van der Waals surface area contributed by atoms with Crippen LogP contribution in [0.2, 0.25) is 5.02 Å². The van der Waals surface area contributed by atoms with Crippen molar-refractivity contribution in [2.45, 2.75) is 26.7 Å². The molecular weight excluding hydrogens is 292 g/mol. The van der Waals surface area contributed by atoms with Gasteiger partial charge in [-0.05, 0) is 36.5 Å². The molecule has 0 aliphatic carbocycles. The van der Waals surface area contributed by atoms with Gasteiger partial charge < -0.3 is 16.2 Å². The van der Waals surface area contributed by atoms with Crippen LogP contribution in [0.3, 0.4) is 0 Å². The summed E-state index contributed by atoms with van der Waals surface area (Å²) in [6.45, 7) is 4.37. The van der Waals surface area contributed by atoms with E-state index in [2.05, 4.69) is 5.32 Å². The minimum absolute atomic E-state index is 0.0429. The first kappa shape index (κ1) is 17.3. The first-order valence-electron chi connectivity index (χ1n) is 6.84. The predicted octanol–water partition coefficient (Wildman–Crippen LogP) is 2.79. The number of hydrogen-bond donors (Lipinski definition) is 3. The molecular formula is C15H21ClN2O3. The van der Waals surface area contributed by atoms with Crippen LogP contribution < -0.4 is 11.1 Å². The van der Waals surface area contributed by atoms with E-state index >= 15 is 0 Å². The molecule has 0 fully saturated rings. The second kappa shape index (κ2) is 7.88. The molecule has 1 rings (SSSR count). The smallest absolute Gasteiger partial charge is 0.303 e. The average Bonchev–Trinajstić information content (AvgIpc) is 2.37. The molecule has 1 amide bonds. The summed E-state index contributed by atoms with van der Waals surface area (Å²) in [6, 6.07) is 4.66. The van der Waals surface area contributed by atoms with Crippen molar-refractivity contribution in [3.8, 4) is 0 Å². The van der Waals surface area contributed by atoms with Gasteiger partial charge in [-0.15, -0.1) is 0 Å². The Kier molecular flexibility index (Phi) is 6.49. The fraction of sp³-hybridized carbons (Fsp3) is 0.467. The SMILES string of the molecule is CC(C)CC(CNC(=O)c1ccc(Cl)c(N)c1)CC(=O)O. The second-order valence-corrected chi connectivity index (χ2v) is 5.95. The van der Waals surface area contributed by atoms with Gasteiger partial charge in [0.25, 0.3) is 5.91 Å². The van der Waals surface area contributed by atoms with Crippen LogP contribution in [0.25, 0.3) is 0 Å². The highest BCUT2D eigenvalue weighted by Gasteiger charge is 2.16. The minimum atomic E-state index is -0.856. The van der Waals surface area contributed by atoms with Crippen molar-refractivity contribution in [1.29, 1.82) is 0 Å². The Balaban J connectivity index is 2.63. The van der Waals surface area contributed by atoms with Crippen LogP contribution in [0, 0.1) is 11.8 Å². The summed E-state index contributed by atoms with van der Waals surface area (Å²) >= 11 is 5.81. The molecule has 0 aliphatic heterocycles. The molecule has 0 spiro atoms. The maximum absolute atomic E-state index is 12.0. The van der Waals surface area contributed by atoms with Crippen molar-refractivity contribution in [1.82, 2.24) is 5.32 Å². The lowest BCUT2D eigenvalue weighted by Gasteiger charge is -2.18. The molecule has 21 heavy (non-hydrogen) atoms. The molecule has 116 valence electrons. The van der Waals surface area contributed by atoms with Gasteiger partial charge in [0.2, 0.25) is 0 Å². The topological polar surface area (TPSA) is 92.4 Å². The monoisotopic (exact) mass is 312 g/mol. The van der Waals surface area contributed by atoms with E-state index < -0.39 is 5.97 Å². The van der Waals surface area contributed by atoms with Gasteiger partial charge in [0.1, 0.15) is 0 Å². The van der Waals surface area contributed by atoms with Crippen LogP contribution in [0.5, 0.6) is 0 Å². The number of carboxylic acid groups (broad SMARTS) is 1. The van der Waals surface area contributed by atoms with Gasteiger partial charge in [-0.1, -0.05) is 25.4 Å². The largest absolute Gasteiger partial charge is 0.481 e. The third kappa shape index (κ3) is 6.04. The highest BCUT2D eigenvalue weighted by atomic mass is 35.5. The first-order chi connectivity index (χ1) is 9.79. The summed E-state index contributed by atoms with van der Waals surface area (Å²) < 4.78 is 0. The van der Waals surface area contributed by atoms with E-state index in [0.29, 0.717) is 28.7 Å². The molecule has 0 saturated carbocycles. The Morgan fingerprint density at radius 1 is 1.38 bits per heavy atom. The Bertz CT molecular complexity index is 518. The van der Waals surface area contributed by atoms with Gasteiger partial charge in [-0.2, -0.15) is 0 Å². The van der Waals surface area contributed by atoms with E-state index in [1.165, 1.54) is 6.07 Å². The number of amides is 1. The highest BCUT2D eigenvalue weighted by Crippen LogP contribution is 2.20.